The number of para-hydroxylation sites is 1. The van der Waals surface area contributed by atoms with Crippen molar-refractivity contribution < 1.29 is 27.8 Å². The summed E-state index contributed by atoms with van der Waals surface area (Å²) in [6.07, 6.45) is 3.27. The number of carboxylic acid groups (broad SMARTS) is 1. The SMILES string of the molecule is O=C(O)Cc1ccccc1OCc1cn(-c2ccc(C(F)(F)F)cn2)nc1C1CCCCC1. The molecule has 4 rings (SSSR count). The Bertz CT molecular complexity index is 1100. The fourth-order valence-corrected chi connectivity index (χ4v) is 4.17. The first-order chi connectivity index (χ1) is 15.8. The number of hydrogen-bond acceptors (Lipinski definition) is 4. The first kappa shape index (κ1) is 22.8. The van der Waals surface area contributed by atoms with Gasteiger partial charge in [-0.25, -0.2) is 9.67 Å². The lowest BCUT2D eigenvalue weighted by atomic mass is 9.86. The molecule has 33 heavy (non-hydrogen) atoms. The Labute approximate surface area is 189 Å². The van der Waals surface area contributed by atoms with Crippen molar-refractivity contribution in [2.24, 2.45) is 0 Å². The Kier molecular flexibility index (Phi) is 6.67. The van der Waals surface area contributed by atoms with Gasteiger partial charge in [0.1, 0.15) is 12.4 Å². The third-order valence-corrected chi connectivity index (χ3v) is 5.82. The number of pyridine rings is 1. The lowest BCUT2D eigenvalue weighted by Crippen LogP contribution is -2.10. The summed E-state index contributed by atoms with van der Waals surface area (Å²) in [6.45, 7) is 0.170. The Morgan fingerprint density at radius 2 is 1.85 bits per heavy atom. The summed E-state index contributed by atoms with van der Waals surface area (Å²) < 4.78 is 46.1. The molecular formula is C24H24F3N3O3. The molecular weight excluding hydrogens is 435 g/mol. The van der Waals surface area contributed by atoms with Crippen molar-refractivity contribution in [2.45, 2.75) is 57.2 Å². The van der Waals surface area contributed by atoms with Gasteiger partial charge in [-0.2, -0.15) is 18.3 Å². The highest BCUT2D eigenvalue weighted by Gasteiger charge is 2.31. The van der Waals surface area contributed by atoms with E-state index in [2.05, 4.69) is 10.1 Å². The van der Waals surface area contributed by atoms with Gasteiger partial charge < -0.3 is 9.84 Å². The van der Waals surface area contributed by atoms with Crippen LogP contribution in [0.2, 0.25) is 0 Å². The van der Waals surface area contributed by atoms with E-state index in [9.17, 15) is 18.0 Å². The van der Waals surface area contributed by atoms with Crippen LogP contribution < -0.4 is 4.74 Å². The van der Waals surface area contributed by atoms with E-state index < -0.39 is 17.7 Å². The van der Waals surface area contributed by atoms with Crippen LogP contribution in [0.1, 0.15) is 60.4 Å². The third kappa shape index (κ3) is 5.53. The number of rotatable bonds is 7. The third-order valence-electron chi connectivity index (χ3n) is 5.82. The molecule has 1 aliphatic carbocycles. The molecule has 174 valence electrons. The minimum Gasteiger partial charge on any atom is -0.488 e. The van der Waals surface area contributed by atoms with Crippen molar-refractivity contribution in [3.8, 4) is 11.6 Å². The Morgan fingerprint density at radius 1 is 1.09 bits per heavy atom. The van der Waals surface area contributed by atoms with Crippen LogP contribution in [0.25, 0.3) is 5.82 Å². The zero-order chi connectivity index (χ0) is 23.4. The van der Waals surface area contributed by atoms with Crippen LogP contribution in [-0.4, -0.2) is 25.8 Å². The van der Waals surface area contributed by atoms with E-state index >= 15 is 0 Å². The van der Waals surface area contributed by atoms with E-state index in [1.54, 1.807) is 30.5 Å². The molecule has 0 radical (unpaired) electrons. The number of alkyl halides is 3. The molecule has 1 saturated carbocycles. The van der Waals surface area contributed by atoms with Gasteiger partial charge in [-0.1, -0.05) is 37.5 Å². The number of benzene rings is 1. The molecule has 0 amide bonds. The molecule has 9 heteroatoms. The van der Waals surface area contributed by atoms with Crippen molar-refractivity contribution >= 4 is 5.97 Å². The van der Waals surface area contributed by atoms with Crippen molar-refractivity contribution in [2.75, 3.05) is 0 Å². The second-order valence-corrected chi connectivity index (χ2v) is 8.19. The average molecular weight is 459 g/mol. The van der Waals surface area contributed by atoms with Crippen LogP contribution in [0.15, 0.2) is 48.8 Å². The van der Waals surface area contributed by atoms with Crippen molar-refractivity contribution in [3.05, 3.63) is 71.2 Å². The van der Waals surface area contributed by atoms with E-state index in [-0.39, 0.29) is 24.8 Å². The number of nitrogens with zero attached hydrogens (tertiary/aromatic N) is 3. The zero-order valence-corrected chi connectivity index (χ0v) is 17.9. The van der Waals surface area contributed by atoms with E-state index in [4.69, 9.17) is 9.84 Å². The summed E-state index contributed by atoms with van der Waals surface area (Å²) in [5, 5.41) is 13.8. The van der Waals surface area contributed by atoms with E-state index in [1.165, 1.54) is 17.2 Å². The number of halogens is 3. The van der Waals surface area contributed by atoms with Gasteiger partial charge in [0.2, 0.25) is 0 Å². The van der Waals surface area contributed by atoms with Crippen molar-refractivity contribution in [1.82, 2.24) is 14.8 Å². The fourth-order valence-electron chi connectivity index (χ4n) is 4.17. The minimum atomic E-state index is -4.45. The van der Waals surface area contributed by atoms with Crippen molar-refractivity contribution in [3.63, 3.8) is 0 Å². The molecule has 2 heterocycles. The lowest BCUT2D eigenvalue weighted by molar-refractivity contribution is -0.138. The molecule has 2 aromatic heterocycles. The number of aromatic nitrogens is 3. The number of carboxylic acids is 1. The van der Waals surface area contributed by atoms with Gasteiger partial charge in [0.05, 0.1) is 17.7 Å². The van der Waals surface area contributed by atoms with Crippen LogP contribution in [0.3, 0.4) is 0 Å². The van der Waals surface area contributed by atoms with E-state index in [0.717, 1.165) is 49.2 Å². The highest BCUT2D eigenvalue weighted by atomic mass is 19.4. The molecule has 0 unspecified atom stereocenters. The monoisotopic (exact) mass is 459 g/mol. The molecule has 1 aromatic carbocycles. The van der Waals surface area contributed by atoms with Crippen molar-refractivity contribution in [1.29, 1.82) is 0 Å². The molecule has 1 fully saturated rings. The van der Waals surface area contributed by atoms with E-state index in [0.29, 0.717) is 11.3 Å². The second kappa shape index (κ2) is 9.64. The summed E-state index contributed by atoms with van der Waals surface area (Å²) in [6, 6.07) is 9.25. The summed E-state index contributed by atoms with van der Waals surface area (Å²) >= 11 is 0. The lowest BCUT2D eigenvalue weighted by Gasteiger charge is -2.21. The largest absolute Gasteiger partial charge is 0.488 e. The quantitative estimate of drug-likeness (QED) is 0.502. The van der Waals surface area contributed by atoms with Crippen LogP contribution in [0.4, 0.5) is 13.2 Å². The minimum absolute atomic E-state index is 0.152. The summed E-state index contributed by atoms with van der Waals surface area (Å²) in [5.74, 6) is 0.0601. The standard InChI is InChI=1S/C24H24F3N3O3/c25-24(26,27)19-10-11-21(28-13-19)30-14-18(23(29-30)16-6-2-1-3-7-16)15-33-20-9-5-4-8-17(20)12-22(31)32/h4-5,8-11,13-14,16H,1-3,6-7,12,15H2,(H,31,32). The number of aliphatic carboxylic acids is 1. The number of ether oxygens (including phenoxy) is 1. The van der Waals surface area contributed by atoms with Gasteiger partial charge in [0.25, 0.3) is 0 Å². The first-order valence-electron chi connectivity index (χ1n) is 10.9. The molecule has 0 spiro atoms. The zero-order valence-electron chi connectivity index (χ0n) is 17.9. The predicted molar refractivity (Wildman–Crippen MR) is 114 cm³/mol. The number of carbonyl (C=O) groups is 1. The molecule has 1 aliphatic rings. The van der Waals surface area contributed by atoms with Gasteiger partial charge >= 0.3 is 12.1 Å². The molecule has 0 saturated heterocycles. The maximum atomic E-state index is 12.9. The van der Waals surface area contributed by atoms with Gasteiger partial charge in [-0.05, 0) is 31.0 Å². The van der Waals surface area contributed by atoms with Gasteiger partial charge in [0, 0.05) is 29.4 Å². The van der Waals surface area contributed by atoms with Crippen LogP contribution in [0.5, 0.6) is 5.75 Å². The Morgan fingerprint density at radius 3 is 2.52 bits per heavy atom. The highest BCUT2D eigenvalue weighted by Crippen LogP contribution is 2.35. The molecule has 3 aromatic rings. The Hall–Kier alpha value is -3.36. The molecule has 6 nitrogen and oxygen atoms in total. The van der Waals surface area contributed by atoms with Crippen LogP contribution in [-0.2, 0) is 24.0 Å². The summed E-state index contributed by atoms with van der Waals surface area (Å²) in [4.78, 5) is 15.1. The van der Waals surface area contributed by atoms with Crippen LogP contribution >= 0.6 is 0 Å². The fraction of sp³-hybridized carbons (Fsp3) is 0.375. The first-order valence-corrected chi connectivity index (χ1v) is 10.9. The topological polar surface area (TPSA) is 77.2 Å². The maximum Gasteiger partial charge on any atom is 0.417 e. The van der Waals surface area contributed by atoms with E-state index in [1.807, 2.05) is 0 Å². The number of hydrogen-bond donors (Lipinski definition) is 1. The Balaban J connectivity index is 1.61. The molecule has 0 aliphatic heterocycles. The van der Waals surface area contributed by atoms with Crippen LogP contribution in [0, 0.1) is 0 Å². The molecule has 1 N–H and O–H groups in total. The second-order valence-electron chi connectivity index (χ2n) is 8.19. The predicted octanol–water partition coefficient (Wildman–Crippen LogP) is 5.54. The average Bonchev–Trinajstić information content (AvgIpc) is 3.22. The smallest absolute Gasteiger partial charge is 0.417 e. The maximum absolute atomic E-state index is 12.9. The van der Waals surface area contributed by atoms with Gasteiger partial charge in [-0.15, -0.1) is 0 Å². The summed E-state index contributed by atoms with van der Waals surface area (Å²) in [7, 11) is 0. The van der Waals surface area contributed by atoms with Gasteiger partial charge in [-0.3, -0.25) is 4.79 Å². The highest BCUT2D eigenvalue weighted by molar-refractivity contribution is 5.71. The van der Waals surface area contributed by atoms with Gasteiger partial charge in [0.15, 0.2) is 5.82 Å². The molecule has 0 atom stereocenters. The summed E-state index contributed by atoms with van der Waals surface area (Å²) in [5.41, 5.74) is 1.42. The normalized spacial score (nSPS) is 14.9. The molecule has 0 bridgehead atoms.